The van der Waals surface area contributed by atoms with Crippen LogP contribution in [0.15, 0.2) is 27.7 Å². The molecule has 1 aliphatic heterocycles. The third kappa shape index (κ3) is 2.97. The van der Waals surface area contributed by atoms with E-state index in [1.807, 2.05) is 32.0 Å². The molecule has 1 aliphatic rings. The Kier molecular flexibility index (Phi) is 4.63. The predicted molar refractivity (Wildman–Crippen MR) is 112 cm³/mol. The Morgan fingerprint density at radius 1 is 1.25 bits per heavy atom. The van der Waals surface area contributed by atoms with Crippen molar-refractivity contribution in [2.45, 2.75) is 40.2 Å². The lowest BCUT2D eigenvalue weighted by Crippen LogP contribution is -2.15. The lowest BCUT2D eigenvalue weighted by molar-refractivity contribution is -0.118. The van der Waals surface area contributed by atoms with Crippen LogP contribution >= 0.6 is 22.9 Å². The number of nitrogens with two attached hydrogens (primary N) is 1. The van der Waals surface area contributed by atoms with Crippen molar-refractivity contribution in [3.63, 3.8) is 0 Å². The lowest BCUT2D eigenvalue weighted by Gasteiger charge is -2.13. The number of aryl methyl sites for hydroxylation is 3. The first-order chi connectivity index (χ1) is 13.3. The molecule has 0 saturated carbocycles. The summed E-state index contributed by atoms with van der Waals surface area (Å²) in [7, 11) is 0. The molecule has 0 bridgehead atoms. The summed E-state index contributed by atoms with van der Waals surface area (Å²) in [6.45, 7) is 8.12. The van der Waals surface area contributed by atoms with Crippen LogP contribution in [0, 0.1) is 27.7 Å². The molecule has 3 heterocycles. The summed E-state index contributed by atoms with van der Waals surface area (Å²) in [5.41, 5.74) is 12.3. The summed E-state index contributed by atoms with van der Waals surface area (Å²) < 4.78 is 5.64. The minimum Gasteiger partial charge on any atom is -0.370 e. The molecule has 7 heteroatoms. The van der Waals surface area contributed by atoms with Crippen molar-refractivity contribution in [2.24, 2.45) is 10.7 Å². The Hall–Kier alpha value is -2.44. The number of nitrogens with zero attached hydrogens (tertiary/aromatic N) is 2. The SMILES string of the molecule is Cc1cc(Cl)ccc1C1=N[C@@H](CC(N)=O)c2onc(C)c2-c2sc(C)c(C)c21. The van der Waals surface area contributed by atoms with Gasteiger partial charge < -0.3 is 10.3 Å². The average Bonchev–Trinajstić information content (AvgIpc) is 3.08. The normalized spacial score (nSPS) is 15.6. The first kappa shape index (κ1) is 18.9. The number of benzene rings is 1. The first-order valence-electron chi connectivity index (χ1n) is 8.97. The highest BCUT2D eigenvalue weighted by Gasteiger charge is 2.34. The molecule has 0 aliphatic carbocycles. The molecule has 0 spiro atoms. The maximum absolute atomic E-state index is 11.8. The molecule has 1 amide bonds. The molecule has 1 aromatic carbocycles. The zero-order valence-electron chi connectivity index (χ0n) is 16.1. The quantitative estimate of drug-likeness (QED) is 0.651. The second-order valence-electron chi connectivity index (χ2n) is 7.12. The lowest BCUT2D eigenvalue weighted by atomic mass is 9.94. The summed E-state index contributed by atoms with van der Waals surface area (Å²) in [4.78, 5) is 19.0. The molecule has 0 saturated heterocycles. The van der Waals surface area contributed by atoms with Crippen LogP contribution in [-0.4, -0.2) is 16.8 Å². The fourth-order valence-electron chi connectivity index (χ4n) is 3.68. The number of hydrogen-bond donors (Lipinski definition) is 1. The van der Waals surface area contributed by atoms with Crippen molar-refractivity contribution in [2.75, 3.05) is 0 Å². The van der Waals surface area contributed by atoms with Crippen molar-refractivity contribution >= 4 is 34.6 Å². The third-order valence-electron chi connectivity index (χ3n) is 5.16. The monoisotopic (exact) mass is 413 g/mol. The molecule has 5 nitrogen and oxygen atoms in total. The number of thiophene rings is 1. The van der Waals surface area contributed by atoms with Crippen LogP contribution in [0.4, 0.5) is 0 Å². The van der Waals surface area contributed by atoms with Gasteiger partial charge in [0.05, 0.1) is 23.4 Å². The Bertz CT molecular complexity index is 1140. The highest BCUT2D eigenvalue weighted by molar-refractivity contribution is 7.16. The molecule has 3 aromatic rings. The molecule has 4 rings (SSSR count). The van der Waals surface area contributed by atoms with Crippen molar-refractivity contribution in [1.82, 2.24) is 5.16 Å². The van der Waals surface area contributed by atoms with Crippen molar-refractivity contribution in [3.05, 3.63) is 61.8 Å². The van der Waals surface area contributed by atoms with E-state index < -0.39 is 11.9 Å². The summed E-state index contributed by atoms with van der Waals surface area (Å²) in [6, 6.07) is 5.25. The highest BCUT2D eigenvalue weighted by Crippen LogP contribution is 2.46. The van der Waals surface area contributed by atoms with Gasteiger partial charge in [-0.2, -0.15) is 0 Å². The maximum Gasteiger partial charge on any atom is 0.220 e. The topological polar surface area (TPSA) is 81.5 Å². The van der Waals surface area contributed by atoms with Gasteiger partial charge in [0.1, 0.15) is 6.04 Å². The van der Waals surface area contributed by atoms with Crippen LogP contribution < -0.4 is 5.73 Å². The van der Waals surface area contributed by atoms with Crippen molar-refractivity contribution in [3.8, 4) is 10.4 Å². The zero-order chi connectivity index (χ0) is 20.2. The largest absolute Gasteiger partial charge is 0.370 e. The van der Waals surface area contributed by atoms with E-state index in [4.69, 9.17) is 26.9 Å². The number of aromatic nitrogens is 1. The van der Waals surface area contributed by atoms with Gasteiger partial charge in [0.2, 0.25) is 5.91 Å². The second-order valence-corrected chi connectivity index (χ2v) is 8.78. The van der Waals surface area contributed by atoms with E-state index in [-0.39, 0.29) is 6.42 Å². The number of rotatable bonds is 3. The van der Waals surface area contributed by atoms with Gasteiger partial charge in [0, 0.05) is 25.9 Å². The Morgan fingerprint density at radius 2 is 2.00 bits per heavy atom. The number of carbonyl (C=O) groups excluding carboxylic acids is 1. The van der Waals surface area contributed by atoms with Gasteiger partial charge in [0.15, 0.2) is 5.76 Å². The molecule has 28 heavy (non-hydrogen) atoms. The molecule has 144 valence electrons. The molecular weight excluding hydrogens is 394 g/mol. The van der Waals surface area contributed by atoms with Gasteiger partial charge >= 0.3 is 0 Å². The van der Waals surface area contributed by atoms with Crippen LogP contribution in [0.3, 0.4) is 0 Å². The third-order valence-corrected chi connectivity index (χ3v) is 6.62. The van der Waals surface area contributed by atoms with Crippen LogP contribution in [0.1, 0.15) is 51.0 Å². The minimum atomic E-state index is -0.516. The fraction of sp³-hybridized carbons (Fsp3) is 0.286. The molecule has 0 unspecified atom stereocenters. The molecule has 2 aromatic heterocycles. The van der Waals surface area contributed by atoms with E-state index in [0.717, 1.165) is 38.5 Å². The van der Waals surface area contributed by atoms with Gasteiger partial charge in [-0.05, 0) is 51.0 Å². The Balaban J connectivity index is 2.07. The summed E-state index contributed by atoms with van der Waals surface area (Å²) in [6.07, 6.45) is 0.0603. The van der Waals surface area contributed by atoms with Crippen molar-refractivity contribution in [1.29, 1.82) is 0 Å². The van der Waals surface area contributed by atoms with Gasteiger partial charge in [0.25, 0.3) is 0 Å². The summed E-state index contributed by atoms with van der Waals surface area (Å²) in [5.74, 6) is 0.166. The number of hydrogen-bond acceptors (Lipinski definition) is 5. The molecular formula is C21H20ClN3O2S. The Labute approximate surface area is 172 Å². The molecule has 0 radical (unpaired) electrons. The number of fused-ring (bicyclic) bond motifs is 3. The van der Waals surface area contributed by atoms with Crippen LogP contribution in [0.25, 0.3) is 10.4 Å². The van der Waals surface area contributed by atoms with Gasteiger partial charge in [-0.25, -0.2) is 0 Å². The van der Waals surface area contributed by atoms with Crippen LogP contribution in [0.5, 0.6) is 0 Å². The number of amides is 1. The van der Waals surface area contributed by atoms with E-state index in [1.165, 1.54) is 10.4 Å². The first-order valence-corrected chi connectivity index (χ1v) is 10.2. The maximum atomic E-state index is 11.8. The second kappa shape index (κ2) is 6.87. The smallest absolute Gasteiger partial charge is 0.220 e. The van der Waals surface area contributed by atoms with E-state index in [1.54, 1.807) is 11.3 Å². The van der Waals surface area contributed by atoms with Gasteiger partial charge in [-0.3, -0.25) is 9.79 Å². The number of carbonyl (C=O) groups is 1. The fourth-order valence-corrected chi connectivity index (χ4v) is 5.17. The van der Waals surface area contributed by atoms with Crippen molar-refractivity contribution < 1.29 is 9.32 Å². The van der Waals surface area contributed by atoms with E-state index in [2.05, 4.69) is 19.0 Å². The highest BCUT2D eigenvalue weighted by atomic mass is 35.5. The van der Waals surface area contributed by atoms with E-state index >= 15 is 0 Å². The summed E-state index contributed by atoms with van der Waals surface area (Å²) >= 11 is 7.87. The average molecular weight is 414 g/mol. The van der Waals surface area contributed by atoms with Gasteiger partial charge in [-0.15, -0.1) is 11.3 Å². The Morgan fingerprint density at radius 3 is 2.68 bits per heavy atom. The number of halogens is 1. The van der Waals surface area contributed by atoms with E-state index in [0.29, 0.717) is 10.8 Å². The molecule has 1 atom stereocenters. The molecule has 2 N–H and O–H groups in total. The van der Waals surface area contributed by atoms with Crippen LogP contribution in [-0.2, 0) is 4.79 Å². The number of aliphatic imine (C=N–C) groups is 1. The summed E-state index contributed by atoms with van der Waals surface area (Å²) in [5, 5.41) is 4.83. The predicted octanol–water partition coefficient (Wildman–Crippen LogP) is 5.06. The molecule has 0 fully saturated rings. The van der Waals surface area contributed by atoms with Crippen LogP contribution in [0.2, 0.25) is 5.02 Å². The standard InChI is InChI=1S/C21H20ClN3O2S/c1-9-7-13(22)5-6-14(9)19-17-10(2)12(4)28-21(17)18-11(3)25-27-20(18)15(24-19)8-16(23)26/h5-7,15H,8H2,1-4H3,(H2,23,26)/t15-/m0/s1. The van der Waals surface area contributed by atoms with E-state index in [9.17, 15) is 4.79 Å². The zero-order valence-corrected chi connectivity index (χ0v) is 17.7. The van der Waals surface area contributed by atoms with Gasteiger partial charge in [-0.1, -0.05) is 22.8 Å². The minimum absolute atomic E-state index is 0.0603. The number of primary amides is 1.